The minimum absolute atomic E-state index is 0.263. The molecular formula is C55H39N3O. The number of rotatable bonds is 5. The van der Waals surface area contributed by atoms with Crippen LogP contribution in [0.4, 0.5) is 0 Å². The zero-order chi connectivity index (χ0) is 39.6. The zero-order valence-corrected chi connectivity index (χ0v) is 32.8. The Hall–Kier alpha value is -7.43. The van der Waals surface area contributed by atoms with E-state index in [-0.39, 0.29) is 5.41 Å². The van der Waals surface area contributed by atoms with Crippen molar-refractivity contribution in [3.8, 4) is 67.9 Å². The standard InChI is InChI=1S/C55H39N3O/c1-54(2)43-23-11-12-24-44(43)55(46-25-13-15-27-49(46)59-50-28-16-14-26-47(50)55)45-34-33-40(35-48(45)54)36-29-31-39(32-30-36)52-56-51(38-19-7-4-8-20-38)57-53(58-52)42-22-10-9-21-41(42)37-17-5-3-6-18-37/h3-35H,1-2H3. The topological polar surface area (TPSA) is 47.9 Å². The molecule has 9 aromatic rings. The number of hydrogen-bond acceptors (Lipinski definition) is 4. The summed E-state index contributed by atoms with van der Waals surface area (Å²) < 4.78 is 6.60. The minimum Gasteiger partial charge on any atom is -0.457 e. The summed E-state index contributed by atoms with van der Waals surface area (Å²) in [5.74, 6) is 3.70. The van der Waals surface area contributed by atoms with Crippen molar-refractivity contribution in [3.05, 3.63) is 234 Å². The number of para-hydroxylation sites is 2. The first-order valence-electron chi connectivity index (χ1n) is 20.2. The van der Waals surface area contributed by atoms with Gasteiger partial charge in [-0.1, -0.05) is 196 Å². The molecule has 1 aliphatic heterocycles. The van der Waals surface area contributed by atoms with Crippen LogP contribution in [0.1, 0.15) is 47.2 Å². The van der Waals surface area contributed by atoms with Crippen LogP contribution in [-0.4, -0.2) is 15.0 Å². The van der Waals surface area contributed by atoms with Crippen molar-refractivity contribution < 1.29 is 4.74 Å². The van der Waals surface area contributed by atoms with Crippen LogP contribution in [0.5, 0.6) is 11.5 Å². The van der Waals surface area contributed by atoms with E-state index in [0.29, 0.717) is 17.5 Å². The van der Waals surface area contributed by atoms with Gasteiger partial charge in [0.1, 0.15) is 11.5 Å². The molecule has 0 atom stereocenters. The lowest BCUT2D eigenvalue weighted by Gasteiger charge is -2.50. The van der Waals surface area contributed by atoms with E-state index in [1.54, 1.807) is 0 Å². The maximum Gasteiger partial charge on any atom is 0.164 e. The number of aromatic nitrogens is 3. The van der Waals surface area contributed by atoms with Crippen LogP contribution in [0, 0.1) is 0 Å². The van der Waals surface area contributed by atoms with Gasteiger partial charge in [0.2, 0.25) is 0 Å². The second-order valence-corrected chi connectivity index (χ2v) is 15.9. The van der Waals surface area contributed by atoms with E-state index in [4.69, 9.17) is 19.7 Å². The minimum atomic E-state index is -0.540. The van der Waals surface area contributed by atoms with Gasteiger partial charge < -0.3 is 4.74 Å². The Morgan fingerprint density at radius 2 is 0.763 bits per heavy atom. The summed E-state index contributed by atoms with van der Waals surface area (Å²) in [4.78, 5) is 15.2. The highest BCUT2D eigenvalue weighted by molar-refractivity contribution is 5.82. The van der Waals surface area contributed by atoms with Crippen molar-refractivity contribution in [2.45, 2.75) is 24.7 Å². The van der Waals surface area contributed by atoms with Gasteiger partial charge in [-0.2, -0.15) is 0 Å². The Balaban J connectivity index is 1.04. The summed E-state index contributed by atoms with van der Waals surface area (Å²) in [6, 6.07) is 70.7. The van der Waals surface area contributed by atoms with E-state index in [9.17, 15) is 0 Å². The van der Waals surface area contributed by atoms with Gasteiger partial charge in [0.05, 0.1) is 5.41 Å². The van der Waals surface area contributed by atoms with Crippen molar-refractivity contribution in [1.29, 1.82) is 0 Å². The smallest absolute Gasteiger partial charge is 0.164 e. The molecule has 0 saturated carbocycles. The zero-order valence-electron chi connectivity index (χ0n) is 32.8. The molecule has 0 N–H and O–H groups in total. The quantitative estimate of drug-likeness (QED) is 0.175. The Kier molecular flexibility index (Phi) is 8.02. The number of hydrogen-bond donors (Lipinski definition) is 0. The molecule has 4 nitrogen and oxygen atoms in total. The normalized spacial score (nSPS) is 14.0. The van der Waals surface area contributed by atoms with Crippen LogP contribution >= 0.6 is 0 Å². The van der Waals surface area contributed by atoms with E-state index < -0.39 is 5.41 Å². The molecule has 0 amide bonds. The van der Waals surface area contributed by atoms with Crippen molar-refractivity contribution in [2.75, 3.05) is 0 Å². The van der Waals surface area contributed by atoms with Gasteiger partial charge in [0.15, 0.2) is 17.5 Å². The van der Waals surface area contributed by atoms with Gasteiger partial charge in [-0.15, -0.1) is 0 Å². The maximum absolute atomic E-state index is 6.60. The Labute approximate surface area is 344 Å². The van der Waals surface area contributed by atoms with Crippen molar-refractivity contribution >= 4 is 0 Å². The van der Waals surface area contributed by atoms with Gasteiger partial charge in [0, 0.05) is 33.2 Å². The highest BCUT2D eigenvalue weighted by Crippen LogP contribution is 2.61. The maximum atomic E-state index is 6.60. The molecular weight excluding hydrogens is 719 g/mol. The molecule has 11 rings (SSSR count). The lowest BCUT2D eigenvalue weighted by Crippen LogP contribution is -2.43. The van der Waals surface area contributed by atoms with Crippen molar-refractivity contribution in [2.24, 2.45) is 0 Å². The number of ether oxygens (including phenoxy) is 1. The van der Waals surface area contributed by atoms with Crippen LogP contribution in [0.25, 0.3) is 56.4 Å². The molecule has 280 valence electrons. The van der Waals surface area contributed by atoms with Crippen LogP contribution in [0.3, 0.4) is 0 Å². The van der Waals surface area contributed by atoms with Gasteiger partial charge in [0.25, 0.3) is 0 Å². The molecule has 1 aliphatic carbocycles. The second-order valence-electron chi connectivity index (χ2n) is 15.9. The van der Waals surface area contributed by atoms with E-state index in [1.807, 2.05) is 42.5 Å². The monoisotopic (exact) mass is 757 g/mol. The molecule has 0 fully saturated rings. The summed E-state index contributed by atoms with van der Waals surface area (Å²) in [7, 11) is 0. The first-order chi connectivity index (χ1) is 29.0. The Bertz CT molecular complexity index is 3000. The number of fused-ring (bicyclic) bond motifs is 8. The van der Waals surface area contributed by atoms with Crippen molar-refractivity contribution in [3.63, 3.8) is 0 Å². The van der Waals surface area contributed by atoms with Crippen LogP contribution in [0.2, 0.25) is 0 Å². The molecule has 1 aromatic heterocycles. The average Bonchev–Trinajstić information content (AvgIpc) is 3.31. The molecule has 2 heterocycles. The van der Waals surface area contributed by atoms with E-state index in [0.717, 1.165) is 61.6 Å². The van der Waals surface area contributed by atoms with Gasteiger partial charge in [-0.25, -0.2) is 15.0 Å². The highest BCUT2D eigenvalue weighted by Gasteiger charge is 2.52. The summed E-state index contributed by atoms with van der Waals surface area (Å²) in [6.45, 7) is 4.72. The number of benzene rings is 8. The predicted octanol–water partition coefficient (Wildman–Crippen LogP) is 13.3. The third-order valence-corrected chi connectivity index (χ3v) is 12.3. The Morgan fingerprint density at radius 3 is 1.41 bits per heavy atom. The third kappa shape index (κ3) is 5.48. The van der Waals surface area contributed by atoms with E-state index in [1.165, 1.54) is 22.3 Å². The molecule has 0 radical (unpaired) electrons. The fourth-order valence-corrected chi connectivity index (χ4v) is 9.49. The molecule has 0 saturated heterocycles. The largest absolute Gasteiger partial charge is 0.457 e. The lowest BCUT2D eigenvalue weighted by molar-refractivity contribution is 0.425. The fourth-order valence-electron chi connectivity index (χ4n) is 9.49. The van der Waals surface area contributed by atoms with Crippen LogP contribution in [-0.2, 0) is 10.8 Å². The first kappa shape index (κ1) is 34.8. The molecule has 4 heteroatoms. The van der Waals surface area contributed by atoms with Crippen LogP contribution in [0.15, 0.2) is 200 Å². The first-order valence-corrected chi connectivity index (χ1v) is 20.2. The third-order valence-electron chi connectivity index (χ3n) is 12.3. The SMILES string of the molecule is CC1(C)c2ccccc2C2(c3ccccc3Oc3ccccc32)c2ccc(-c3ccc(-c4nc(-c5ccccc5)nc(-c5ccccc5-c5ccccc5)n4)cc3)cc21. The fraction of sp³-hybridized carbons (Fsp3) is 0.0727. The number of nitrogens with zero attached hydrogens (tertiary/aromatic N) is 3. The second kappa shape index (κ2) is 13.6. The lowest BCUT2D eigenvalue weighted by atomic mass is 9.53. The van der Waals surface area contributed by atoms with Crippen LogP contribution < -0.4 is 4.74 Å². The molecule has 1 spiro atoms. The van der Waals surface area contributed by atoms with Gasteiger partial charge in [-0.3, -0.25) is 0 Å². The summed E-state index contributed by atoms with van der Waals surface area (Å²) in [5.41, 5.74) is 14.0. The molecule has 0 unspecified atom stereocenters. The van der Waals surface area contributed by atoms with E-state index in [2.05, 4.69) is 172 Å². The summed E-state index contributed by atoms with van der Waals surface area (Å²) >= 11 is 0. The van der Waals surface area contributed by atoms with Crippen molar-refractivity contribution in [1.82, 2.24) is 15.0 Å². The molecule has 8 aromatic carbocycles. The highest BCUT2D eigenvalue weighted by atomic mass is 16.5. The average molecular weight is 758 g/mol. The molecule has 2 aliphatic rings. The molecule has 0 bridgehead atoms. The predicted molar refractivity (Wildman–Crippen MR) is 238 cm³/mol. The van der Waals surface area contributed by atoms with Gasteiger partial charge in [-0.05, 0) is 62.7 Å². The van der Waals surface area contributed by atoms with E-state index >= 15 is 0 Å². The molecule has 59 heavy (non-hydrogen) atoms. The summed E-state index contributed by atoms with van der Waals surface area (Å²) in [5, 5.41) is 0. The van der Waals surface area contributed by atoms with Gasteiger partial charge >= 0.3 is 0 Å². The Morgan fingerprint density at radius 1 is 0.322 bits per heavy atom. The summed E-state index contributed by atoms with van der Waals surface area (Å²) in [6.07, 6.45) is 0.